The summed E-state index contributed by atoms with van der Waals surface area (Å²) in [7, 11) is 0. The molecular weight excluding hydrogens is 204 g/mol. The fourth-order valence-corrected chi connectivity index (χ4v) is 1.91. The zero-order chi connectivity index (χ0) is 11.2. The van der Waals surface area contributed by atoms with Crippen LogP contribution in [0.5, 0.6) is 0 Å². The van der Waals surface area contributed by atoms with Crippen LogP contribution in [-0.2, 0) is 14.2 Å². The normalized spacial score (nSPS) is 49.0. The van der Waals surface area contributed by atoms with Crippen LogP contribution in [0.3, 0.4) is 0 Å². The van der Waals surface area contributed by atoms with E-state index in [0.29, 0.717) is 0 Å². The molecule has 0 aromatic rings. The van der Waals surface area contributed by atoms with Crippen molar-refractivity contribution in [1.82, 2.24) is 0 Å². The largest absolute Gasteiger partial charge is 0.394 e. The van der Waals surface area contributed by atoms with Crippen LogP contribution in [0.2, 0.25) is 0 Å². The lowest BCUT2D eigenvalue weighted by Gasteiger charge is -2.36. The fraction of sp³-hybridized carbons (Fsp3) is 1.00. The molecule has 2 heterocycles. The maximum atomic E-state index is 9.74. The lowest BCUT2D eigenvalue weighted by molar-refractivity contribution is -0.256. The average molecular weight is 220 g/mol. The predicted molar refractivity (Wildman–Crippen MR) is 47.8 cm³/mol. The maximum Gasteiger partial charge on any atom is 0.190 e. The van der Waals surface area contributed by atoms with Gasteiger partial charge in [-0.2, -0.15) is 0 Å². The van der Waals surface area contributed by atoms with Gasteiger partial charge in [-0.15, -0.1) is 0 Å². The second-order valence-corrected chi connectivity index (χ2v) is 4.31. The van der Waals surface area contributed by atoms with Gasteiger partial charge in [-0.05, 0) is 13.8 Å². The Labute approximate surface area is 87.4 Å². The van der Waals surface area contributed by atoms with Crippen LogP contribution in [0, 0.1) is 0 Å². The van der Waals surface area contributed by atoms with Gasteiger partial charge in [0.05, 0.1) is 6.61 Å². The second kappa shape index (κ2) is 3.65. The molecule has 2 rings (SSSR count). The number of aliphatic hydroxyl groups is 3. The van der Waals surface area contributed by atoms with Crippen molar-refractivity contribution in [2.24, 2.45) is 0 Å². The smallest absolute Gasteiger partial charge is 0.190 e. The average Bonchev–Trinajstić information content (AvgIpc) is 2.47. The number of aliphatic hydroxyl groups excluding tert-OH is 3. The standard InChI is InChI=1S/C9H16O6/c1-9(2)14-7-6(12)5(11)4(3-10)13-8(7)15-9/h4-8,10-12H,3H2,1-2H3. The Balaban J connectivity index is 2.13. The molecule has 0 aromatic heterocycles. The minimum absolute atomic E-state index is 0.370. The minimum Gasteiger partial charge on any atom is -0.394 e. The number of hydrogen-bond donors (Lipinski definition) is 3. The molecule has 2 aliphatic rings. The molecular formula is C9H16O6. The number of rotatable bonds is 1. The first-order chi connectivity index (χ1) is 6.94. The van der Waals surface area contributed by atoms with Crippen LogP contribution in [-0.4, -0.2) is 58.4 Å². The minimum atomic E-state index is -1.16. The van der Waals surface area contributed by atoms with E-state index >= 15 is 0 Å². The summed E-state index contributed by atoms with van der Waals surface area (Å²) in [5.74, 6) is -0.847. The molecule has 6 nitrogen and oxygen atoms in total. The van der Waals surface area contributed by atoms with Gasteiger partial charge >= 0.3 is 0 Å². The molecule has 0 aromatic carbocycles. The molecule has 5 unspecified atom stereocenters. The van der Waals surface area contributed by atoms with Gasteiger partial charge in [0.1, 0.15) is 24.4 Å². The molecule has 0 aliphatic carbocycles. The van der Waals surface area contributed by atoms with E-state index in [1.165, 1.54) is 0 Å². The highest BCUT2D eigenvalue weighted by molar-refractivity contribution is 4.93. The third-order valence-corrected chi connectivity index (χ3v) is 2.64. The van der Waals surface area contributed by atoms with Crippen molar-refractivity contribution in [1.29, 1.82) is 0 Å². The van der Waals surface area contributed by atoms with Gasteiger partial charge in [0.2, 0.25) is 0 Å². The maximum absolute atomic E-state index is 9.74. The third kappa shape index (κ3) is 1.89. The molecule has 2 saturated heterocycles. The van der Waals surface area contributed by atoms with E-state index in [1.807, 2.05) is 0 Å². The quantitative estimate of drug-likeness (QED) is 0.502. The Morgan fingerprint density at radius 3 is 2.40 bits per heavy atom. The molecule has 2 fully saturated rings. The molecule has 0 bridgehead atoms. The summed E-state index contributed by atoms with van der Waals surface area (Å²) in [4.78, 5) is 0. The van der Waals surface area contributed by atoms with E-state index in [4.69, 9.17) is 19.3 Å². The molecule has 0 radical (unpaired) electrons. The van der Waals surface area contributed by atoms with Crippen molar-refractivity contribution in [3.05, 3.63) is 0 Å². The molecule has 2 aliphatic heterocycles. The molecule has 5 atom stereocenters. The van der Waals surface area contributed by atoms with Crippen molar-refractivity contribution in [2.75, 3.05) is 6.61 Å². The van der Waals surface area contributed by atoms with Crippen LogP contribution in [0.4, 0.5) is 0 Å². The van der Waals surface area contributed by atoms with E-state index in [0.717, 1.165) is 0 Å². The summed E-state index contributed by atoms with van der Waals surface area (Å²) in [5, 5.41) is 28.3. The zero-order valence-corrected chi connectivity index (χ0v) is 8.66. The van der Waals surface area contributed by atoms with Crippen LogP contribution in [0.25, 0.3) is 0 Å². The molecule has 6 heteroatoms. The summed E-state index contributed by atoms with van der Waals surface area (Å²) in [6.45, 7) is 3.02. The molecule has 15 heavy (non-hydrogen) atoms. The SMILES string of the molecule is CC1(C)OC2OC(CO)C(O)C(O)C2O1. The highest BCUT2D eigenvalue weighted by atomic mass is 16.8. The van der Waals surface area contributed by atoms with Crippen LogP contribution in [0.1, 0.15) is 13.8 Å². The van der Waals surface area contributed by atoms with Gasteiger partial charge in [-0.25, -0.2) is 0 Å². The fourth-order valence-electron chi connectivity index (χ4n) is 1.91. The van der Waals surface area contributed by atoms with E-state index in [2.05, 4.69) is 0 Å². The Bertz CT molecular complexity index is 243. The van der Waals surface area contributed by atoms with Crippen LogP contribution >= 0.6 is 0 Å². The van der Waals surface area contributed by atoms with Crippen LogP contribution < -0.4 is 0 Å². The van der Waals surface area contributed by atoms with E-state index < -0.39 is 36.5 Å². The summed E-state index contributed by atoms with van der Waals surface area (Å²) < 4.78 is 16.0. The van der Waals surface area contributed by atoms with E-state index in [-0.39, 0.29) is 6.61 Å². The van der Waals surface area contributed by atoms with Crippen LogP contribution in [0.15, 0.2) is 0 Å². The first-order valence-electron chi connectivity index (χ1n) is 4.93. The number of hydrogen-bond acceptors (Lipinski definition) is 6. The first kappa shape index (κ1) is 11.3. The van der Waals surface area contributed by atoms with Crippen molar-refractivity contribution in [3.8, 4) is 0 Å². The first-order valence-corrected chi connectivity index (χ1v) is 4.93. The Kier molecular flexibility index (Phi) is 2.74. The molecule has 3 N–H and O–H groups in total. The summed E-state index contributed by atoms with van der Waals surface area (Å²) in [6, 6.07) is 0. The van der Waals surface area contributed by atoms with Crippen molar-refractivity contribution in [2.45, 2.75) is 50.3 Å². The van der Waals surface area contributed by atoms with Crippen molar-refractivity contribution in [3.63, 3.8) is 0 Å². The highest BCUT2D eigenvalue weighted by Gasteiger charge is 2.53. The third-order valence-electron chi connectivity index (χ3n) is 2.64. The molecule has 88 valence electrons. The van der Waals surface area contributed by atoms with Gasteiger partial charge in [-0.1, -0.05) is 0 Å². The lowest BCUT2D eigenvalue weighted by atomic mass is 9.99. The number of ether oxygens (including phenoxy) is 3. The van der Waals surface area contributed by atoms with Crippen molar-refractivity contribution >= 4 is 0 Å². The van der Waals surface area contributed by atoms with E-state index in [1.54, 1.807) is 13.8 Å². The monoisotopic (exact) mass is 220 g/mol. The number of fused-ring (bicyclic) bond motifs is 1. The Morgan fingerprint density at radius 2 is 1.80 bits per heavy atom. The van der Waals surface area contributed by atoms with Gasteiger partial charge in [-0.3, -0.25) is 0 Å². The predicted octanol–water partition coefficient (Wildman–Crippen LogP) is -1.42. The molecule has 0 spiro atoms. The van der Waals surface area contributed by atoms with Gasteiger partial charge in [0.15, 0.2) is 12.1 Å². The Hall–Kier alpha value is -0.240. The second-order valence-electron chi connectivity index (χ2n) is 4.31. The van der Waals surface area contributed by atoms with Crippen molar-refractivity contribution < 1.29 is 29.5 Å². The highest BCUT2D eigenvalue weighted by Crippen LogP contribution is 2.35. The zero-order valence-electron chi connectivity index (χ0n) is 8.66. The summed E-state index contributed by atoms with van der Waals surface area (Å²) in [5.41, 5.74) is 0. The molecule has 0 amide bonds. The molecule has 0 saturated carbocycles. The Morgan fingerprint density at radius 1 is 1.13 bits per heavy atom. The van der Waals surface area contributed by atoms with E-state index in [9.17, 15) is 10.2 Å². The topological polar surface area (TPSA) is 88.4 Å². The lowest BCUT2D eigenvalue weighted by Crippen LogP contribution is -2.57. The summed E-state index contributed by atoms with van der Waals surface area (Å²) in [6.07, 6.45) is -4.55. The van der Waals surface area contributed by atoms with Gasteiger partial charge in [0.25, 0.3) is 0 Å². The summed E-state index contributed by atoms with van der Waals surface area (Å²) >= 11 is 0. The van der Waals surface area contributed by atoms with Gasteiger partial charge in [0, 0.05) is 0 Å². The van der Waals surface area contributed by atoms with Gasteiger partial charge < -0.3 is 29.5 Å².